The van der Waals surface area contributed by atoms with Crippen LogP contribution in [0.4, 0.5) is 0 Å². The molecule has 0 unspecified atom stereocenters. The van der Waals surface area contributed by atoms with Crippen LogP contribution in [0.3, 0.4) is 0 Å². The molecule has 1 aliphatic rings. The second-order valence-corrected chi connectivity index (χ2v) is 6.89. The number of aryl methyl sites for hydroxylation is 1. The number of likely N-dealkylation sites (tertiary alicyclic amines) is 1. The van der Waals surface area contributed by atoms with Gasteiger partial charge < -0.3 is 9.73 Å². The van der Waals surface area contributed by atoms with Crippen molar-refractivity contribution >= 4 is 0 Å². The van der Waals surface area contributed by atoms with Gasteiger partial charge in [0, 0.05) is 13.1 Å². The van der Waals surface area contributed by atoms with E-state index in [-0.39, 0.29) is 0 Å². The van der Waals surface area contributed by atoms with Crippen molar-refractivity contribution in [3.05, 3.63) is 59.0 Å². The number of piperidine rings is 1. The van der Waals surface area contributed by atoms with Crippen molar-refractivity contribution in [2.24, 2.45) is 5.92 Å². The van der Waals surface area contributed by atoms with Crippen molar-refractivity contribution in [3.63, 3.8) is 0 Å². The second kappa shape index (κ2) is 7.80. The lowest BCUT2D eigenvalue weighted by atomic mass is 9.98. The van der Waals surface area contributed by atoms with Gasteiger partial charge in [-0.15, -0.1) is 0 Å². The summed E-state index contributed by atoms with van der Waals surface area (Å²) in [5, 5.41) is 3.46. The van der Waals surface area contributed by atoms with E-state index in [0.717, 1.165) is 37.1 Å². The third-order valence-electron chi connectivity index (χ3n) is 4.70. The number of nitrogens with one attached hydrogen (secondary N) is 1. The number of hydrogen-bond acceptors (Lipinski definition) is 3. The van der Waals surface area contributed by atoms with Gasteiger partial charge in [0.05, 0.1) is 6.54 Å². The Kier molecular flexibility index (Phi) is 5.52. The number of hydrogen-bond donors (Lipinski definition) is 1. The van der Waals surface area contributed by atoms with Crippen molar-refractivity contribution in [1.29, 1.82) is 0 Å². The summed E-state index contributed by atoms with van der Waals surface area (Å²) in [5.74, 6) is 2.87. The molecule has 2 aromatic rings. The van der Waals surface area contributed by atoms with Crippen molar-refractivity contribution in [2.45, 2.75) is 46.3 Å². The average Bonchev–Trinajstić information content (AvgIpc) is 2.96. The molecule has 1 N–H and O–H groups in total. The zero-order valence-corrected chi connectivity index (χ0v) is 14.3. The average molecular weight is 312 g/mol. The second-order valence-electron chi connectivity index (χ2n) is 6.89. The number of furan rings is 1. The first-order valence-electron chi connectivity index (χ1n) is 8.75. The molecule has 1 fully saturated rings. The maximum Gasteiger partial charge on any atom is 0.117 e. The largest absolute Gasteiger partial charge is 0.465 e. The molecule has 1 aromatic carbocycles. The molecule has 0 atom stereocenters. The fourth-order valence-electron chi connectivity index (χ4n) is 3.23. The molecule has 1 aliphatic heterocycles. The van der Waals surface area contributed by atoms with Crippen LogP contribution in [0.2, 0.25) is 0 Å². The van der Waals surface area contributed by atoms with E-state index in [1.54, 1.807) is 0 Å². The van der Waals surface area contributed by atoms with Gasteiger partial charge in [-0.1, -0.05) is 31.2 Å². The molecule has 3 nitrogen and oxygen atoms in total. The number of nitrogens with zero attached hydrogens (tertiary/aromatic N) is 1. The van der Waals surface area contributed by atoms with E-state index in [1.165, 1.54) is 37.1 Å². The summed E-state index contributed by atoms with van der Waals surface area (Å²) in [5.41, 5.74) is 2.77. The van der Waals surface area contributed by atoms with Gasteiger partial charge in [0.25, 0.3) is 0 Å². The first kappa shape index (κ1) is 16.3. The number of rotatable bonds is 6. The van der Waals surface area contributed by atoms with Gasteiger partial charge >= 0.3 is 0 Å². The zero-order chi connectivity index (χ0) is 16.1. The van der Waals surface area contributed by atoms with Gasteiger partial charge in [0.1, 0.15) is 11.5 Å². The van der Waals surface area contributed by atoms with Gasteiger partial charge in [-0.25, -0.2) is 0 Å². The molecule has 124 valence electrons. The van der Waals surface area contributed by atoms with Crippen LogP contribution in [-0.2, 0) is 19.6 Å². The maximum absolute atomic E-state index is 5.59. The van der Waals surface area contributed by atoms with Crippen LogP contribution in [0.5, 0.6) is 0 Å². The lowest BCUT2D eigenvalue weighted by Gasteiger charge is -2.30. The quantitative estimate of drug-likeness (QED) is 0.870. The van der Waals surface area contributed by atoms with E-state index < -0.39 is 0 Å². The first-order chi connectivity index (χ1) is 11.2. The van der Waals surface area contributed by atoms with Crippen LogP contribution in [0.15, 0.2) is 40.8 Å². The van der Waals surface area contributed by atoms with Gasteiger partial charge in [0.15, 0.2) is 0 Å². The Balaban J connectivity index is 1.48. The van der Waals surface area contributed by atoms with Crippen molar-refractivity contribution in [1.82, 2.24) is 10.2 Å². The number of benzene rings is 1. The Morgan fingerprint density at radius 2 is 1.87 bits per heavy atom. The summed E-state index contributed by atoms with van der Waals surface area (Å²) in [7, 11) is 0. The van der Waals surface area contributed by atoms with Gasteiger partial charge in [-0.05, 0) is 62.0 Å². The highest BCUT2D eigenvalue weighted by atomic mass is 16.3. The summed E-state index contributed by atoms with van der Waals surface area (Å²) >= 11 is 0. The summed E-state index contributed by atoms with van der Waals surface area (Å²) in [6.07, 6.45) is 2.67. The monoisotopic (exact) mass is 312 g/mol. The third-order valence-corrected chi connectivity index (χ3v) is 4.70. The zero-order valence-electron chi connectivity index (χ0n) is 14.3. The molecular weight excluding hydrogens is 284 g/mol. The normalized spacial score (nSPS) is 16.8. The van der Waals surface area contributed by atoms with Crippen molar-refractivity contribution < 1.29 is 4.42 Å². The Morgan fingerprint density at radius 1 is 1.09 bits per heavy atom. The molecule has 1 aromatic heterocycles. The van der Waals surface area contributed by atoms with Crippen molar-refractivity contribution in [3.8, 4) is 0 Å². The molecule has 0 radical (unpaired) electrons. The fraction of sp³-hybridized carbons (Fsp3) is 0.500. The van der Waals surface area contributed by atoms with E-state index in [9.17, 15) is 0 Å². The molecule has 0 spiro atoms. The molecule has 0 saturated carbocycles. The van der Waals surface area contributed by atoms with Crippen molar-refractivity contribution in [2.75, 3.05) is 13.1 Å². The van der Waals surface area contributed by atoms with Crippen LogP contribution in [0, 0.1) is 12.8 Å². The molecule has 23 heavy (non-hydrogen) atoms. The highest BCUT2D eigenvalue weighted by Gasteiger charge is 2.15. The van der Waals surface area contributed by atoms with E-state index in [0.29, 0.717) is 0 Å². The SMILES string of the molecule is Cc1ccc(CNCc2cccc(CN3CCC(C)CC3)c2)o1. The first-order valence-corrected chi connectivity index (χ1v) is 8.75. The molecule has 2 heterocycles. The lowest BCUT2D eigenvalue weighted by Crippen LogP contribution is -2.32. The Morgan fingerprint density at radius 3 is 2.61 bits per heavy atom. The minimum absolute atomic E-state index is 0.780. The smallest absolute Gasteiger partial charge is 0.117 e. The van der Waals surface area contributed by atoms with Crippen LogP contribution < -0.4 is 5.32 Å². The molecule has 3 heteroatoms. The minimum Gasteiger partial charge on any atom is -0.465 e. The van der Waals surface area contributed by atoms with E-state index in [2.05, 4.69) is 41.4 Å². The Hall–Kier alpha value is -1.58. The lowest BCUT2D eigenvalue weighted by molar-refractivity contribution is 0.185. The van der Waals surface area contributed by atoms with Gasteiger partial charge in [0.2, 0.25) is 0 Å². The van der Waals surface area contributed by atoms with Crippen LogP contribution in [-0.4, -0.2) is 18.0 Å². The highest BCUT2D eigenvalue weighted by Crippen LogP contribution is 2.18. The fourth-order valence-corrected chi connectivity index (χ4v) is 3.23. The summed E-state index contributed by atoms with van der Waals surface area (Å²) < 4.78 is 5.59. The predicted octanol–water partition coefficient (Wildman–Crippen LogP) is 4.11. The molecule has 3 rings (SSSR count). The van der Waals surface area contributed by atoms with E-state index in [4.69, 9.17) is 4.42 Å². The predicted molar refractivity (Wildman–Crippen MR) is 94.1 cm³/mol. The summed E-state index contributed by atoms with van der Waals surface area (Å²) in [4.78, 5) is 2.58. The van der Waals surface area contributed by atoms with Crippen LogP contribution in [0.1, 0.15) is 42.4 Å². The molecule has 1 saturated heterocycles. The Bertz CT molecular complexity index is 612. The van der Waals surface area contributed by atoms with Crippen LogP contribution in [0.25, 0.3) is 0 Å². The third kappa shape index (κ3) is 4.95. The van der Waals surface area contributed by atoms with Crippen LogP contribution >= 0.6 is 0 Å². The molecule has 0 bridgehead atoms. The molecule has 0 amide bonds. The summed E-state index contributed by atoms with van der Waals surface area (Å²) in [6.45, 7) is 9.56. The summed E-state index contributed by atoms with van der Waals surface area (Å²) in [6, 6.07) is 13.0. The van der Waals surface area contributed by atoms with Gasteiger partial charge in [-0.2, -0.15) is 0 Å². The Labute approximate surface area is 139 Å². The van der Waals surface area contributed by atoms with E-state index in [1.807, 2.05) is 19.1 Å². The van der Waals surface area contributed by atoms with E-state index >= 15 is 0 Å². The maximum atomic E-state index is 5.59. The minimum atomic E-state index is 0.780. The topological polar surface area (TPSA) is 28.4 Å². The highest BCUT2D eigenvalue weighted by molar-refractivity contribution is 5.23. The molecular formula is C20H28N2O. The van der Waals surface area contributed by atoms with Gasteiger partial charge in [-0.3, -0.25) is 4.90 Å². The molecule has 0 aliphatic carbocycles. The standard InChI is InChI=1S/C20H28N2O/c1-16-8-10-22(11-9-16)15-19-5-3-4-18(12-19)13-21-14-20-7-6-17(2)23-20/h3-7,12,16,21H,8-11,13-15H2,1-2H3.